The number of benzene rings is 1. The van der Waals surface area contributed by atoms with Crippen LogP contribution >= 0.6 is 15.9 Å². The summed E-state index contributed by atoms with van der Waals surface area (Å²) in [5, 5.41) is 12.9. The van der Waals surface area contributed by atoms with Crippen LogP contribution in [-0.2, 0) is 14.3 Å². The molecule has 0 radical (unpaired) electrons. The molecule has 0 fully saturated rings. The lowest BCUT2D eigenvalue weighted by molar-refractivity contribution is -0.142. The lowest BCUT2D eigenvalue weighted by Gasteiger charge is -2.38. The molecule has 1 aromatic rings. The van der Waals surface area contributed by atoms with Gasteiger partial charge in [-0.15, -0.1) is 0 Å². The second kappa shape index (κ2) is 8.63. The molecule has 9 heteroatoms. The third kappa shape index (κ3) is 4.39. The molecule has 1 aromatic carbocycles. The van der Waals surface area contributed by atoms with E-state index in [-0.39, 0.29) is 29.2 Å². The number of halogens is 1. The standard InChI is InChI=1S/C22H24BrN3O5/c1-22(2)7-14-20(15(27)8-22)19(12(9-24)21(25)26-14)11-5-16(29-3)17(6-13(11)23)31-10-18(28)30-4/h5-6,19,26H,7-8,10,25H2,1-4H3. The number of dihydropyridines is 1. The average Bonchev–Trinajstić information content (AvgIpc) is 2.70. The molecule has 1 aliphatic heterocycles. The highest BCUT2D eigenvalue weighted by molar-refractivity contribution is 9.10. The quantitative estimate of drug-likeness (QED) is 0.604. The molecule has 31 heavy (non-hydrogen) atoms. The molecule has 0 spiro atoms. The predicted octanol–water partition coefficient (Wildman–Crippen LogP) is 3.03. The largest absolute Gasteiger partial charge is 0.493 e. The fourth-order valence-corrected chi connectivity index (χ4v) is 4.54. The van der Waals surface area contributed by atoms with Crippen molar-refractivity contribution in [1.29, 1.82) is 5.26 Å². The molecule has 1 heterocycles. The van der Waals surface area contributed by atoms with Crippen LogP contribution in [0.5, 0.6) is 11.5 Å². The Balaban J connectivity index is 2.13. The number of hydrogen-bond acceptors (Lipinski definition) is 8. The van der Waals surface area contributed by atoms with Gasteiger partial charge in [-0.25, -0.2) is 4.79 Å². The summed E-state index contributed by atoms with van der Waals surface area (Å²) >= 11 is 3.53. The number of nitrogens with two attached hydrogens (primary N) is 1. The molecule has 0 amide bonds. The number of rotatable bonds is 5. The molecule has 3 rings (SSSR count). The van der Waals surface area contributed by atoms with Crippen LogP contribution in [0.3, 0.4) is 0 Å². The van der Waals surface area contributed by atoms with Crippen LogP contribution in [-0.4, -0.2) is 32.6 Å². The van der Waals surface area contributed by atoms with Gasteiger partial charge in [0.15, 0.2) is 23.9 Å². The van der Waals surface area contributed by atoms with E-state index in [2.05, 4.69) is 32.1 Å². The SMILES string of the molecule is COC(=O)COc1cc(Br)c(C2C(C#N)=C(N)NC3=C2C(=O)CC(C)(C)C3)cc1OC. The Morgan fingerprint density at radius 1 is 1.32 bits per heavy atom. The maximum absolute atomic E-state index is 13.1. The van der Waals surface area contributed by atoms with E-state index in [4.69, 9.17) is 15.2 Å². The van der Waals surface area contributed by atoms with Gasteiger partial charge in [0.1, 0.15) is 5.82 Å². The van der Waals surface area contributed by atoms with Gasteiger partial charge in [-0.3, -0.25) is 4.79 Å². The number of ether oxygens (including phenoxy) is 3. The van der Waals surface area contributed by atoms with E-state index in [0.717, 1.165) is 5.70 Å². The molecule has 1 atom stereocenters. The first-order chi connectivity index (χ1) is 14.6. The molecule has 8 nitrogen and oxygen atoms in total. The van der Waals surface area contributed by atoms with Crippen molar-refractivity contribution in [2.45, 2.75) is 32.6 Å². The number of nitrogens with zero attached hydrogens (tertiary/aromatic N) is 1. The van der Waals surface area contributed by atoms with E-state index in [1.54, 1.807) is 12.1 Å². The molecule has 0 saturated heterocycles. The van der Waals surface area contributed by atoms with E-state index < -0.39 is 11.9 Å². The van der Waals surface area contributed by atoms with Crippen molar-refractivity contribution >= 4 is 27.7 Å². The minimum Gasteiger partial charge on any atom is -0.493 e. The van der Waals surface area contributed by atoms with Crippen molar-refractivity contribution in [3.63, 3.8) is 0 Å². The number of methoxy groups -OCH3 is 2. The Labute approximate surface area is 189 Å². The van der Waals surface area contributed by atoms with Crippen molar-refractivity contribution in [3.8, 4) is 17.6 Å². The Bertz CT molecular complexity index is 1050. The number of nitriles is 1. The summed E-state index contributed by atoms with van der Waals surface area (Å²) in [5.41, 5.74) is 8.15. The summed E-state index contributed by atoms with van der Waals surface area (Å²) in [7, 11) is 2.74. The first-order valence-electron chi connectivity index (χ1n) is 9.62. The normalized spacial score (nSPS) is 19.9. The van der Waals surface area contributed by atoms with Crippen molar-refractivity contribution < 1.29 is 23.8 Å². The van der Waals surface area contributed by atoms with Crippen LogP contribution in [0.4, 0.5) is 0 Å². The second-order valence-electron chi connectivity index (χ2n) is 8.22. The zero-order valence-corrected chi connectivity index (χ0v) is 19.4. The molecule has 0 aromatic heterocycles. The molecule has 3 N–H and O–H groups in total. The summed E-state index contributed by atoms with van der Waals surface area (Å²) in [6.45, 7) is 3.76. The number of carbonyl (C=O) groups is 2. The van der Waals surface area contributed by atoms with Crippen molar-refractivity contribution in [2.24, 2.45) is 11.1 Å². The minimum atomic E-state index is -0.650. The van der Waals surface area contributed by atoms with Crippen molar-refractivity contribution in [1.82, 2.24) is 5.32 Å². The minimum absolute atomic E-state index is 0.0270. The van der Waals surface area contributed by atoms with E-state index in [1.807, 2.05) is 13.8 Å². The van der Waals surface area contributed by atoms with Gasteiger partial charge in [0, 0.05) is 22.2 Å². The Morgan fingerprint density at radius 2 is 2.03 bits per heavy atom. The highest BCUT2D eigenvalue weighted by Crippen LogP contribution is 2.48. The Kier molecular flexibility index (Phi) is 6.32. The first-order valence-corrected chi connectivity index (χ1v) is 10.4. The number of Topliss-reactive ketones (excluding diaryl/α,β-unsaturated/α-hetero) is 1. The third-order valence-electron chi connectivity index (χ3n) is 5.36. The van der Waals surface area contributed by atoms with E-state index in [0.29, 0.717) is 39.9 Å². The number of hydrogen-bond donors (Lipinski definition) is 2. The van der Waals surface area contributed by atoms with E-state index >= 15 is 0 Å². The molecule has 0 bridgehead atoms. The smallest absolute Gasteiger partial charge is 0.343 e. The summed E-state index contributed by atoms with van der Waals surface area (Å²) < 4.78 is 16.1. The van der Waals surface area contributed by atoms with Gasteiger partial charge in [-0.05, 0) is 29.5 Å². The van der Waals surface area contributed by atoms with Gasteiger partial charge >= 0.3 is 5.97 Å². The fraction of sp³-hybridized carbons (Fsp3) is 0.409. The van der Waals surface area contributed by atoms with Gasteiger partial charge < -0.3 is 25.3 Å². The lowest BCUT2D eigenvalue weighted by atomic mass is 9.69. The van der Waals surface area contributed by atoms with Gasteiger partial charge in [-0.2, -0.15) is 5.26 Å². The number of nitrogens with one attached hydrogen (secondary N) is 1. The van der Waals surface area contributed by atoms with Gasteiger partial charge in [0.05, 0.1) is 31.8 Å². The van der Waals surface area contributed by atoms with Crippen LogP contribution in [0, 0.1) is 16.7 Å². The topological polar surface area (TPSA) is 124 Å². The third-order valence-corrected chi connectivity index (χ3v) is 6.05. The summed E-state index contributed by atoms with van der Waals surface area (Å²) in [6, 6.07) is 5.49. The van der Waals surface area contributed by atoms with Gasteiger partial charge in [0.25, 0.3) is 0 Å². The molecule has 1 unspecified atom stereocenters. The fourth-order valence-electron chi connectivity index (χ4n) is 3.99. The van der Waals surface area contributed by atoms with Gasteiger partial charge in [0.2, 0.25) is 0 Å². The van der Waals surface area contributed by atoms with E-state index in [9.17, 15) is 14.9 Å². The van der Waals surface area contributed by atoms with Crippen LogP contribution in [0.1, 0.15) is 38.2 Å². The number of carbonyl (C=O) groups excluding carboxylic acids is 2. The molecule has 1 aliphatic carbocycles. The average molecular weight is 490 g/mol. The maximum Gasteiger partial charge on any atom is 0.343 e. The molecular formula is C22H24BrN3O5. The monoisotopic (exact) mass is 489 g/mol. The van der Waals surface area contributed by atoms with Crippen LogP contribution in [0.2, 0.25) is 0 Å². The summed E-state index contributed by atoms with van der Waals surface area (Å²) in [5.74, 6) is -0.314. The lowest BCUT2D eigenvalue weighted by Crippen LogP contribution is -2.39. The molecule has 0 saturated carbocycles. The Hall–Kier alpha value is -2.99. The molecule has 164 valence electrons. The van der Waals surface area contributed by atoms with Crippen LogP contribution in [0.25, 0.3) is 0 Å². The number of allylic oxidation sites excluding steroid dienone is 3. The second-order valence-corrected chi connectivity index (χ2v) is 9.07. The maximum atomic E-state index is 13.1. The zero-order valence-electron chi connectivity index (χ0n) is 17.8. The number of esters is 1. The van der Waals surface area contributed by atoms with Crippen molar-refractivity contribution in [3.05, 3.63) is 44.8 Å². The highest BCUT2D eigenvalue weighted by Gasteiger charge is 2.42. The van der Waals surface area contributed by atoms with Crippen LogP contribution in [0.15, 0.2) is 39.3 Å². The number of ketones is 1. The zero-order chi connectivity index (χ0) is 22.9. The van der Waals surface area contributed by atoms with Crippen molar-refractivity contribution in [2.75, 3.05) is 20.8 Å². The molecular weight excluding hydrogens is 466 g/mol. The van der Waals surface area contributed by atoms with E-state index in [1.165, 1.54) is 14.2 Å². The first kappa shape index (κ1) is 22.7. The van der Waals surface area contributed by atoms with Gasteiger partial charge in [-0.1, -0.05) is 29.8 Å². The predicted molar refractivity (Wildman–Crippen MR) is 116 cm³/mol. The Morgan fingerprint density at radius 3 is 2.65 bits per heavy atom. The summed E-state index contributed by atoms with van der Waals surface area (Å²) in [6.07, 6.45) is 1.01. The summed E-state index contributed by atoms with van der Waals surface area (Å²) in [4.78, 5) is 24.6. The highest BCUT2D eigenvalue weighted by atomic mass is 79.9. The molecule has 2 aliphatic rings. The van der Waals surface area contributed by atoms with Crippen LogP contribution < -0.4 is 20.5 Å².